The topological polar surface area (TPSA) is 50.3 Å². The Balaban J connectivity index is 1.31. The molecule has 2 heterocycles. The molecule has 2 aromatic rings. The first kappa shape index (κ1) is 23.3. The van der Waals surface area contributed by atoms with E-state index in [2.05, 4.69) is 19.8 Å². The van der Waals surface area contributed by atoms with Gasteiger partial charge in [-0.15, -0.1) is 5.10 Å². The minimum absolute atomic E-state index is 0.0504. The average molecular weight is 467 g/mol. The first-order chi connectivity index (χ1) is 15.6. The maximum absolute atomic E-state index is 13.5. The van der Waals surface area contributed by atoms with Gasteiger partial charge in [0, 0.05) is 31.2 Å². The summed E-state index contributed by atoms with van der Waals surface area (Å²) in [6.07, 6.45) is 6.29. The highest BCUT2D eigenvalue weighted by Crippen LogP contribution is 2.35. The number of hydrogen-bond donors (Lipinski definition) is 1. The third-order valence-electron chi connectivity index (χ3n) is 6.46. The minimum Gasteiger partial charge on any atom is -0.378 e. The summed E-state index contributed by atoms with van der Waals surface area (Å²) in [6.45, 7) is 1.92. The molecular weight excluding hydrogens is 437 g/mol. The van der Waals surface area contributed by atoms with Gasteiger partial charge in [0.1, 0.15) is 5.82 Å². The van der Waals surface area contributed by atoms with Crippen LogP contribution in [0.25, 0.3) is 0 Å². The van der Waals surface area contributed by atoms with Crippen LogP contribution in [0.15, 0.2) is 42.6 Å². The first-order valence-electron chi connectivity index (χ1n) is 11.2. The van der Waals surface area contributed by atoms with Gasteiger partial charge in [0.2, 0.25) is 0 Å². The van der Waals surface area contributed by atoms with E-state index in [9.17, 15) is 13.2 Å². The van der Waals surface area contributed by atoms with Crippen LogP contribution in [-0.2, 0) is 4.74 Å². The quantitative estimate of drug-likeness (QED) is 0.552. The van der Waals surface area contributed by atoms with E-state index in [4.69, 9.17) is 4.74 Å². The van der Waals surface area contributed by atoms with Crippen LogP contribution in [0.1, 0.15) is 43.6 Å². The molecule has 1 aromatic heterocycles. The lowest BCUT2D eigenvalue weighted by atomic mass is 9.82. The fourth-order valence-electron chi connectivity index (χ4n) is 4.75. The van der Waals surface area contributed by atoms with Gasteiger partial charge in [-0.1, -0.05) is 12.1 Å². The van der Waals surface area contributed by atoms with Crippen molar-refractivity contribution in [3.8, 4) is 0 Å². The molecule has 0 spiro atoms. The predicted molar refractivity (Wildman–Crippen MR) is 120 cm³/mol. The number of anilines is 1. The zero-order valence-corrected chi connectivity index (χ0v) is 18.7. The average Bonchev–Trinajstić information content (AvgIpc) is 2.82. The molecule has 1 aliphatic heterocycles. The van der Waals surface area contributed by atoms with Crippen LogP contribution in [0.5, 0.6) is 0 Å². The van der Waals surface area contributed by atoms with Crippen molar-refractivity contribution in [3.05, 3.63) is 54.0 Å². The summed E-state index contributed by atoms with van der Waals surface area (Å²) in [6, 6.07) is 10.6. The molecule has 9 heteroatoms. The zero-order chi connectivity index (χ0) is 22.3. The SMILES string of the molecule is Fc1cccc([C@H]2CC[C@@H](OCC3CN(c4cccnn4)CCC3NSC(F)F)CC2)c1. The van der Waals surface area contributed by atoms with E-state index < -0.39 is 5.76 Å². The highest BCUT2D eigenvalue weighted by molar-refractivity contribution is 7.97. The number of nitrogens with one attached hydrogen (secondary N) is 1. The summed E-state index contributed by atoms with van der Waals surface area (Å²) in [5.74, 6) is -1.41. The van der Waals surface area contributed by atoms with E-state index in [0.29, 0.717) is 31.0 Å². The summed E-state index contributed by atoms with van der Waals surface area (Å²) in [5, 5.41) is 8.15. The van der Waals surface area contributed by atoms with Gasteiger partial charge in [-0.2, -0.15) is 13.9 Å². The lowest BCUT2D eigenvalue weighted by Crippen LogP contribution is -2.50. The summed E-state index contributed by atoms with van der Waals surface area (Å²) < 4.78 is 48.3. The summed E-state index contributed by atoms with van der Waals surface area (Å²) >= 11 is 0.483. The number of hydrogen-bond acceptors (Lipinski definition) is 6. The molecule has 32 heavy (non-hydrogen) atoms. The first-order valence-corrected chi connectivity index (χ1v) is 12.1. The lowest BCUT2D eigenvalue weighted by Gasteiger charge is -2.40. The van der Waals surface area contributed by atoms with Crippen molar-refractivity contribution in [2.24, 2.45) is 5.92 Å². The summed E-state index contributed by atoms with van der Waals surface area (Å²) in [7, 11) is 0. The number of halogens is 3. The number of rotatable bonds is 8. The van der Waals surface area contributed by atoms with Gasteiger partial charge < -0.3 is 9.64 Å². The number of aromatic nitrogens is 2. The van der Waals surface area contributed by atoms with Crippen molar-refractivity contribution in [2.45, 2.75) is 55.9 Å². The molecule has 2 fully saturated rings. The van der Waals surface area contributed by atoms with E-state index in [1.54, 1.807) is 18.3 Å². The molecule has 0 bridgehead atoms. The Kier molecular flexibility index (Phi) is 8.26. The molecule has 1 saturated carbocycles. The maximum atomic E-state index is 13.5. The molecule has 1 aromatic carbocycles. The molecule has 1 N–H and O–H groups in total. The van der Waals surface area contributed by atoms with E-state index >= 15 is 0 Å². The van der Waals surface area contributed by atoms with Gasteiger partial charge in [0.05, 0.1) is 12.7 Å². The summed E-state index contributed by atoms with van der Waals surface area (Å²) in [4.78, 5) is 2.15. The minimum atomic E-state index is -2.45. The highest BCUT2D eigenvalue weighted by atomic mass is 32.2. The van der Waals surface area contributed by atoms with Crippen molar-refractivity contribution in [1.29, 1.82) is 0 Å². The van der Waals surface area contributed by atoms with Crippen molar-refractivity contribution >= 4 is 17.8 Å². The highest BCUT2D eigenvalue weighted by Gasteiger charge is 2.32. The van der Waals surface area contributed by atoms with Crippen molar-refractivity contribution < 1.29 is 17.9 Å². The van der Waals surface area contributed by atoms with Gasteiger partial charge in [-0.05, 0) is 79.8 Å². The lowest BCUT2D eigenvalue weighted by molar-refractivity contribution is -0.00207. The molecule has 4 rings (SSSR count). The van der Waals surface area contributed by atoms with Crippen LogP contribution in [-0.4, -0.2) is 47.8 Å². The second-order valence-electron chi connectivity index (χ2n) is 8.54. The molecule has 174 valence electrons. The van der Waals surface area contributed by atoms with Crippen LogP contribution in [0.4, 0.5) is 19.0 Å². The molecular formula is C23H29F3N4OS. The van der Waals surface area contributed by atoms with Gasteiger partial charge >= 0.3 is 0 Å². The van der Waals surface area contributed by atoms with Crippen LogP contribution in [0.2, 0.25) is 0 Å². The number of nitrogens with zero attached hydrogens (tertiary/aromatic N) is 3. The Morgan fingerprint density at radius 3 is 2.69 bits per heavy atom. The van der Waals surface area contributed by atoms with E-state index in [1.807, 2.05) is 18.2 Å². The zero-order valence-electron chi connectivity index (χ0n) is 17.9. The molecule has 2 aliphatic rings. The van der Waals surface area contributed by atoms with Gasteiger partial charge in [0.15, 0.2) is 5.82 Å². The van der Waals surface area contributed by atoms with Crippen molar-refractivity contribution in [2.75, 3.05) is 24.6 Å². The van der Waals surface area contributed by atoms with Crippen molar-refractivity contribution in [1.82, 2.24) is 14.9 Å². The monoisotopic (exact) mass is 466 g/mol. The molecule has 0 amide bonds. The van der Waals surface area contributed by atoms with Crippen LogP contribution < -0.4 is 9.62 Å². The van der Waals surface area contributed by atoms with E-state index in [-0.39, 0.29) is 23.9 Å². The largest absolute Gasteiger partial charge is 0.378 e. The fraction of sp³-hybridized carbons (Fsp3) is 0.565. The number of ether oxygens (including phenoxy) is 1. The third kappa shape index (κ3) is 6.36. The number of benzene rings is 1. The number of piperidine rings is 1. The van der Waals surface area contributed by atoms with Gasteiger partial charge in [-0.25, -0.2) is 4.39 Å². The van der Waals surface area contributed by atoms with E-state index in [0.717, 1.165) is 50.0 Å². The van der Waals surface area contributed by atoms with Crippen LogP contribution in [0, 0.1) is 11.7 Å². The molecule has 5 nitrogen and oxygen atoms in total. The van der Waals surface area contributed by atoms with Crippen molar-refractivity contribution in [3.63, 3.8) is 0 Å². The molecule has 2 atom stereocenters. The van der Waals surface area contributed by atoms with Gasteiger partial charge in [0.25, 0.3) is 5.76 Å². The van der Waals surface area contributed by atoms with Crippen LogP contribution >= 0.6 is 11.9 Å². The second kappa shape index (κ2) is 11.3. The molecule has 1 aliphatic carbocycles. The van der Waals surface area contributed by atoms with Crippen LogP contribution in [0.3, 0.4) is 0 Å². The Hall–Kier alpha value is -1.84. The molecule has 2 unspecified atom stereocenters. The molecule has 1 saturated heterocycles. The third-order valence-corrected chi connectivity index (χ3v) is 7.08. The number of alkyl halides is 2. The Morgan fingerprint density at radius 2 is 1.97 bits per heavy atom. The van der Waals surface area contributed by atoms with Gasteiger partial charge in [-0.3, -0.25) is 4.72 Å². The standard InChI is InChI=1S/C23H29F3N4OS/c24-19-4-1-3-17(13-19)16-6-8-20(9-7-16)31-15-18-14-30(22-5-2-11-27-28-22)12-10-21(18)29-32-23(25)26/h1-5,11,13,16,18,20-21,23,29H,6-10,12,14-15H2/t16-,18?,20+,21?. The normalized spacial score (nSPS) is 26.4. The smallest absolute Gasteiger partial charge is 0.297 e. The summed E-state index contributed by atoms with van der Waals surface area (Å²) in [5.41, 5.74) is 1.06. The Bertz CT molecular complexity index is 839. The maximum Gasteiger partial charge on any atom is 0.297 e. The Labute approximate surface area is 191 Å². The molecule has 0 radical (unpaired) electrons. The Morgan fingerprint density at radius 1 is 1.12 bits per heavy atom. The fourth-order valence-corrected chi connectivity index (χ4v) is 5.34. The second-order valence-corrected chi connectivity index (χ2v) is 9.37. The predicted octanol–water partition coefficient (Wildman–Crippen LogP) is 5.01. The van der Waals surface area contributed by atoms with E-state index in [1.165, 1.54) is 6.07 Å².